The largest absolute Gasteiger partial charge is 0.394 e. The fourth-order valence-corrected chi connectivity index (χ4v) is 5.60. The number of nitrogens with one attached hydrogen (secondary N) is 1. The van der Waals surface area contributed by atoms with Crippen LogP contribution < -0.4 is 5.49 Å². The quantitative estimate of drug-likeness (QED) is 0.256. The number of ether oxygens (including phenoxy) is 1. The Morgan fingerprint density at radius 3 is 2.49 bits per heavy atom. The van der Waals surface area contributed by atoms with E-state index in [4.69, 9.17) is 10.1 Å². The van der Waals surface area contributed by atoms with Crippen molar-refractivity contribution in [1.29, 1.82) is 5.41 Å². The zero-order chi connectivity index (χ0) is 25.1. The molecule has 0 amide bonds. The van der Waals surface area contributed by atoms with Gasteiger partial charge in [0.05, 0.1) is 31.9 Å². The Bertz CT molecular complexity index is 1880. The molecule has 0 unspecified atom stereocenters. The third-order valence-corrected chi connectivity index (χ3v) is 7.50. The fraction of sp³-hybridized carbons (Fsp3) is 0.207. The molecule has 3 atom stereocenters. The number of nitrogens with zero attached hydrogens (tertiary/aromatic N) is 4. The number of aliphatic hydroxyl groups is 2. The zero-order valence-electron chi connectivity index (χ0n) is 20.0. The highest BCUT2D eigenvalue weighted by molar-refractivity contribution is 6.14. The third-order valence-electron chi connectivity index (χ3n) is 7.50. The summed E-state index contributed by atoms with van der Waals surface area (Å²) in [4.78, 5) is 9.12. The van der Waals surface area contributed by atoms with Crippen molar-refractivity contribution in [2.75, 3.05) is 6.61 Å². The molecule has 4 aromatic carbocycles. The average molecular weight is 492 g/mol. The van der Waals surface area contributed by atoms with Crippen molar-refractivity contribution in [2.24, 2.45) is 0 Å². The smallest absolute Gasteiger partial charge is 0.167 e. The molecule has 6 aromatic rings. The van der Waals surface area contributed by atoms with Crippen molar-refractivity contribution in [3.8, 4) is 0 Å². The number of aromatic nitrogens is 4. The van der Waals surface area contributed by atoms with E-state index >= 15 is 0 Å². The number of aliphatic hydroxyl groups excluding tert-OH is 2. The second-order valence-electron chi connectivity index (χ2n) is 9.62. The second kappa shape index (κ2) is 8.48. The van der Waals surface area contributed by atoms with Crippen LogP contribution in [0.25, 0.3) is 43.5 Å². The summed E-state index contributed by atoms with van der Waals surface area (Å²) in [5.74, 6) is 0. The van der Waals surface area contributed by atoms with E-state index in [1.165, 1.54) is 16.2 Å². The van der Waals surface area contributed by atoms with Gasteiger partial charge in [-0.2, -0.15) is 0 Å². The molecule has 1 fully saturated rings. The Hall–Kier alpha value is -4.11. The third kappa shape index (κ3) is 3.45. The van der Waals surface area contributed by atoms with Crippen LogP contribution in [0.3, 0.4) is 0 Å². The molecule has 0 radical (unpaired) electrons. The first-order valence-electron chi connectivity index (χ1n) is 12.4. The molecule has 0 saturated carbocycles. The van der Waals surface area contributed by atoms with Crippen LogP contribution in [-0.4, -0.2) is 48.1 Å². The van der Waals surface area contributed by atoms with Gasteiger partial charge in [-0.05, 0) is 43.9 Å². The summed E-state index contributed by atoms with van der Waals surface area (Å²) in [6.07, 6.45) is 1.71. The minimum absolute atomic E-state index is 0.253. The van der Waals surface area contributed by atoms with Gasteiger partial charge in [0.2, 0.25) is 0 Å². The Balaban J connectivity index is 1.37. The summed E-state index contributed by atoms with van der Waals surface area (Å²) >= 11 is 0. The highest BCUT2D eigenvalue weighted by atomic mass is 16.5. The summed E-state index contributed by atoms with van der Waals surface area (Å²) in [6.45, 7) is 0.214. The van der Waals surface area contributed by atoms with E-state index in [0.717, 1.165) is 21.7 Å². The molecular weight excluding hydrogens is 466 g/mol. The molecule has 1 aliphatic rings. The number of hydrogen-bond donors (Lipinski definition) is 3. The van der Waals surface area contributed by atoms with Crippen LogP contribution in [0.4, 0.5) is 0 Å². The monoisotopic (exact) mass is 491 g/mol. The van der Waals surface area contributed by atoms with Crippen molar-refractivity contribution in [1.82, 2.24) is 19.1 Å². The maximum Gasteiger partial charge on any atom is 0.167 e. The minimum atomic E-state index is -0.757. The SMILES string of the molecule is N=c1c2ncn([C@H]3C[C@H](O)[C@@H](CO)O3)c2ncn1Cc1c2ccccc2cc2c1ccc1ccccc12. The Morgan fingerprint density at radius 2 is 1.68 bits per heavy atom. The molecule has 37 heavy (non-hydrogen) atoms. The summed E-state index contributed by atoms with van der Waals surface area (Å²) in [5.41, 5.74) is 2.36. The molecule has 8 nitrogen and oxygen atoms in total. The minimum Gasteiger partial charge on any atom is -0.394 e. The number of benzene rings is 4. The second-order valence-corrected chi connectivity index (χ2v) is 9.62. The van der Waals surface area contributed by atoms with Gasteiger partial charge >= 0.3 is 0 Å². The molecule has 0 bridgehead atoms. The summed E-state index contributed by atoms with van der Waals surface area (Å²) in [6, 6.07) is 23.3. The summed E-state index contributed by atoms with van der Waals surface area (Å²) in [5, 5.41) is 35.6. The maximum atomic E-state index is 10.2. The van der Waals surface area contributed by atoms with E-state index in [-0.39, 0.29) is 12.1 Å². The highest BCUT2D eigenvalue weighted by Crippen LogP contribution is 2.34. The molecule has 184 valence electrons. The first-order valence-corrected chi connectivity index (χ1v) is 12.4. The molecule has 8 heteroatoms. The normalized spacial score (nSPS) is 20.0. The van der Waals surface area contributed by atoms with Crippen LogP contribution in [0, 0.1) is 5.41 Å². The highest BCUT2D eigenvalue weighted by Gasteiger charge is 2.35. The van der Waals surface area contributed by atoms with Crippen LogP contribution in [0.2, 0.25) is 0 Å². The van der Waals surface area contributed by atoms with Crippen molar-refractivity contribution >= 4 is 43.5 Å². The van der Waals surface area contributed by atoms with Gasteiger partial charge < -0.3 is 19.5 Å². The molecule has 1 aliphatic heterocycles. The van der Waals surface area contributed by atoms with Crippen LogP contribution >= 0.6 is 0 Å². The van der Waals surface area contributed by atoms with Gasteiger partial charge in [-0.3, -0.25) is 9.98 Å². The molecule has 3 N–H and O–H groups in total. The van der Waals surface area contributed by atoms with Gasteiger partial charge in [-0.15, -0.1) is 0 Å². The number of rotatable bonds is 4. The molecule has 0 aliphatic carbocycles. The maximum absolute atomic E-state index is 10.2. The lowest BCUT2D eigenvalue weighted by Gasteiger charge is -2.16. The van der Waals surface area contributed by atoms with E-state index in [9.17, 15) is 10.2 Å². The molecular formula is C29H25N5O3. The van der Waals surface area contributed by atoms with E-state index in [1.807, 2.05) is 10.6 Å². The number of hydrogen-bond acceptors (Lipinski definition) is 6. The van der Waals surface area contributed by atoms with E-state index in [0.29, 0.717) is 24.1 Å². The zero-order valence-corrected chi connectivity index (χ0v) is 20.0. The lowest BCUT2D eigenvalue weighted by molar-refractivity contribution is -0.0432. The van der Waals surface area contributed by atoms with E-state index in [1.54, 1.807) is 17.2 Å². The molecule has 7 rings (SSSR count). The van der Waals surface area contributed by atoms with Crippen molar-refractivity contribution < 1.29 is 14.9 Å². The first-order chi connectivity index (χ1) is 18.1. The van der Waals surface area contributed by atoms with Gasteiger partial charge in [0.15, 0.2) is 11.1 Å². The van der Waals surface area contributed by atoms with Crippen molar-refractivity contribution in [3.05, 3.63) is 90.4 Å². The predicted octanol–water partition coefficient (Wildman–Crippen LogP) is 3.86. The van der Waals surface area contributed by atoms with Gasteiger partial charge in [0.1, 0.15) is 17.8 Å². The van der Waals surface area contributed by atoms with Gasteiger partial charge in [0.25, 0.3) is 0 Å². The van der Waals surface area contributed by atoms with Crippen LogP contribution in [0.15, 0.2) is 79.4 Å². The molecule has 2 aromatic heterocycles. The van der Waals surface area contributed by atoms with Crippen molar-refractivity contribution in [2.45, 2.75) is 31.4 Å². The molecule has 3 heterocycles. The number of fused-ring (bicyclic) bond motifs is 5. The van der Waals surface area contributed by atoms with Gasteiger partial charge in [-0.1, -0.05) is 60.7 Å². The lowest BCUT2D eigenvalue weighted by atomic mass is 9.93. The standard InChI is InChI=1S/C29H25N5O3/c30-28-27-29(34(16-31-27)26-12-24(36)25(14-35)37-26)32-15-33(28)13-23-20-8-4-2-6-18(20)11-22-19-7-3-1-5-17(19)9-10-21(22)23/h1-11,15-16,24-26,30,35-36H,12-14H2/t24-,25+,26+/m0/s1. The summed E-state index contributed by atoms with van der Waals surface area (Å²) < 4.78 is 9.34. The molecule has 0 spiro atoms. The van der Waals surface area contributed by atoms with Crippen molar-refractivity contribution in [3.63, 3.8) is 0 Å². The lowest BCUT2D eigenvalue weighted by Crippen LogP contribution is -2.24. The average Bonchev–Trinajstić information content (AvgIpc) is 3.53. The Labute approximate surface area is 211 Å². The fourth-order valence-electron chi connectivity index (χ4n) is 5.60. The van der Waals surface area contributed by atoms with Crippen LogP contribution in [0.1, 0.15) is 18.2 Å². The van der Waals surface area contributed by atoms with E-state index < -0.39 is 18.4 Å². The summed E-state index contributed by atoms with van der Waals surface area (Å²) in [7, 11) is 0. The van der Waals surface area contributed by atoms with Crippen LogP contribution in [0.5, 0.6) is 0 Å². The topological polar surface area (TPSA) is 109 Å². The van der Waals surface area contributed by atoms with Crippen LogP contribution in [-0.2, 0) is 11.3 Å². The van der Waals surface area contributed by atoms with Gasteiger partial charge in [-0.25, -0.2) is 9.97 Å². The van der Waals surface area contributed by atoms with E-state index in [2.05, 4.69) is 70.6 Å². The Morgan fingerprint density at radius 1 is 0.892 bits per heavy atom. The predicted molar refractivity (Wildman–Crippen MR) is 141 cm³/mol. The Kier molecular flexibility index (Phi) is 5.07. The molecule has 1 saturated heterocycles. The number of imidazole rings is 1. The van der Waals surface area contributed by atoms with Gasteiger partial charge in [0, 0.05) is 6.42 Å². The first kappa shape index (κ1) is 22.1.